The van der Waals surface area contributed by atoms with Crippen LogP contribution in [0.1, 0.15) is 0 Å². The predicted molar refractivity (Wildman–Crippen MR) is 102 cm³/mol. The van der Waals surface area contributed by atoms with E-state index in [2.05, 4.69) is 4.52 Å². The second-order valence-corrected chi connectivity index (χ2v) is 6.98. The van der Waals surface area contributed by atoms with Gasteiger partial charge in [0.2, 0.25) is 11.5 Å². The smallest absolute Gasteiger partial charge is 0.780 e. The molecule has 1 heterocycles. The molecule has 0 aliphatic heterocycles. The molecular weight excluding hydrogens is 465 g/mol. The average Bonchev–Trinajstić information content (AvgIpc) is 2.70. The quantitative estimate of drug-likeness (QED) is 0.185. The molecular formula is C19H17Na2O10P. The van der Waals surface area contributed by atoms with Crippen LogP contribution in [-0.2, 0) is 4.57 Å². The maximum atomic E-state index is 12.2. The van der Waals surface area contributed by atoms with E-state index >= 15 is 0 Å². The number of ether oxygens (including phenoxy) is 4. The Balaban J connectivity index is 0.00000256. The Morgan fingerprint density at radius 3 is 1.97 bits per heavy atom. The van der Waals surface area contributed by atoms with Gasteiger partial charge >= 0.3 is 64.7 Å². The maximum Gasteiger partial charge on any atom is 1.00 e. The van der Waals surface area contributed by atoms with E-state index in [0.29, 0.717) is 22.3 Å². The zero-order chi connectivity index (χ0) is 22.1. The Hall–Kier alpha value is -1.20. The molecule has 2 aromatic carbocycles. The first-order valence-corrected chi connectivity index (χ1v) is 9.85. The van der Waals surface area contributed by atoms with Gasteiger partial charge in [-0.05, 0) is 23.8 Å². The summed E-state index contributed by atoms with van der Waals surface area (Å²) in [6.45, 7) is 0. The molecule has 0 fully saturated rings. The minimum absolute atomic E-state index is 0. The van der Waals surface area contributed by atoms with Crippen molar-refractivity contribution in [3.63, 3.8) is 0 Å². The molecule has 0 saturated carbocycles. The Morgan fingerprint density at radius 2 is 1.44 bits per heavy atom. The summed E-state index contributed by atoms with van der Waals surface area (Å²) in [7, 11) is 0.157. The van der Waals surface area contributed by atoms with E-state index in [1.54, 1.807) is 12.1 Å². The third kappa shape index (κ3) is 6.02. The molecule has 0 amide bonds. The molecule has 0 unspecified atom stereocenters. The Morgan fingerprint density at radius 1 is 0.812 bits per heavy atom. The van der Waals surface area contributed by atoms with Gasteiger partial charge in [-0.3, -0.25) is 0 Å². The van der Waals surface area contributed by atoms with Gasteiger partial charge in [0, 0.05) is 17.0 Å². The maximum absolute atomic E-state index is 12.2. The molecule has 1 aromatic heterocycles. The van der Waals surface area contributed by atoms with Crippen molar-refractivity contribution in [2.75, 3.05) is 28.4 Å². The second kappa shape index (κ2) is 11.8. The van der Waals surface area contributed by atoms with E-state index in [4.69, 9.17) is 23.4 Å². The van der Waals surface area contributed by atoms with Gasteiger partial charge in [-0.1, -0.05) is 6.07 Å². The fourth-order valence-electron chi connectivity index (χ4n) is 3.03. The van der Waals surface area contributed by atoms with Crippen LogP contribution in [0, 0.1) is 0 Å². The summed E-state index contributed by atoms with van der Waals surface area (Å²) < 4.78 is 42.0. The van der Waals surface area contributed by atoms with Crippen molar-refractivity contribution in [1.82, 2.24) is 0 Å². The summed E-state index contributed by atoms with van der Waals surface area (Å²) in [4.78, 5) is 34.4. The first-order chi connectivity index (χ1) is 14.2. The molecule has 32 heavy (non-hydrogen) atoms. The summed E-state index contributed by atoms with van der Waals surface area (Å²) in [6.07, 6.45) is 0. The van der Waals surface area contributed by atoms with Crippen molar-refractivity contribution >= 4 is 18.8 Å². The second-order valence-electron chi connectivity index (χ2n) is 5.91. The molecule has 0 aliphatic carbocycles. The van der Waals surface area contributed by atoms with Gasteiger partial charge in [-0.15, -0.1) is 0 Å². The molecule has 3 aromatic rings. The van der Waals surface area contributed by atoms with Gasteiger partial charge < -0.3 is 42.2 Å². The van der Waals surface area contributed by atoms with Gasteiger partial charge in [0.15, 0.2) is 22.8 Å². The van der Waals surface area contributed by atoms with Crippen LogP contribution in [0.5, 0.6) is 28.7 Å². The van der Waals surface area contributed by atoms with Crippen LogP contribution < -0.4 is 98.0 Å². The van der Waals surface area contributed by atoms with Gasteiger partial charge in [0.05, 0.1) is 28.4 Å². The molecule has 0 spiro atoms. The molecule has 10 nitrogen and oxygen atoms in total. The standard InChI is InChI=1S/C19H19O10P.2Na/c1-24-13-6-5-10(7-14(13)29-30(21,22)23)11-9-16(20)28-17-12(11)8-15(25-2)18(26-3)19(17)27-4;;/h5-9H,1-4H3,(H2,21,22,23);;/q;2*+1/p-2. The van der Waals surface area contributed by atoms with Crippen LogP contribution in [0.15, 0.2) is 39.5 Å². The Labute approximate surface area is 227 Å². The van der Waals surface area contributed by atoms with E-state index < -0.39 is 13.4 Å². The number of hydrogen-bond donors (Lipinski definition) is 0. The van der Waals surface area contributed by atoms with E-state index in [0.717, 1.165) is 0 Å². The van der Waals surface area contributed by atoms with E-state index in [1.165, 1.54) is 46.6 Å². The average molecular weight is 482 g/mol. The molecule has 13 heteroatoms. The number of methoxy groups -OCH3 is 4. The third-order valence-electron chi connectivity index (χ3n) is 4.22. The molecule has 0 saturated heterocycles. The zero-order valence-corrected chi connectivity index (χ0v) is 23.3. The molecule has 0 atom stereocenters. The monoisotopic (exact) mass is 482 g/mol. The van der Waals surface area contributed by atoms with Crippen LogP contribution in [0.3, 0.4) is 0 Å². The third-order valence-corrected chi connectivity index (χ3v) is 4.64. The van der Waals surface area contributed by atoms with Crippen LogP contribution >= 0.6 is 7.82 Å². The first kappa shape index (κ1) is 28.8. The fourth-order valence-corrected chi connectivity index (χ4v) is 3.42. The van der Waals surface area contributed by atoms with Gasteiger partial charge in [0.1, 0.15) is 7.82 Å². The van der Waals surface area contributed by atoms with Crippen LogP contribution in [0.25, 0.3) is 22.1 Å². The van der Waals surface area contributed by atoms with E-state index in [-0.39, 0.29) is 87.7 Å². The molecule has 0 radical (unpaired) electrons. The molecule has 0 bridgehead atoms. The van der Waals surface area contributed by atoms with Crippen LogP contribution in [0.4, 0.5) is 0 Å². The normalized spacial score (nSPS) is 10.6. The van der Waals surface area contributed by atoms with Crippen molar-refractivity contribution in [3.8, 4) is 39.9 Å². The van der Waals surface area contributed by atoms with Crippen molar-refractivity contribution in [2.24, 2.45) is 0 Å². The SMILES string of the molecule is COc1ccc(-c2cc(=O)oc3c(OC)c(OC)c(OC)cc23)cc1OP(=O)([O-])[O-].[Na+].[Na+]. The number of fused-ring (bicyclic) bond motifs is 1. The number of phosphoric acid groups is 1. The van der Waals surface area contributed by atoms with Crippen molar-refractivity contribution < 1.29 is 101 Å². The van der Waals surface area contributed by atoms with Gasteiger partial charge in [0.25, 0.3) is 0 Å². The Kier molecular flexibility index (Phi) is 10.6. The summed E-state index contributed by atoms with van der Waals surface area (Å²) in [5.41, 5.74) is 0.0972. The topological polar surface area (TPSA) is 140 Å². The zero-order valence-electron chi connectivity index (χ0n) is 18.4. The molecule has 3 rings (SSSR count). The van der Waals surface area contributed by atoms with Crippen molar-refractivity contribution in [3.05, 3.63) is 40.8 Å². The first-order valence-electron chi connectivity index (χ1n) is 8.39. The molecule has 0 aliphatic rings. The number of rotatable bonds is 7. The summed E-state index contributed by atoms with van der Waals surface area (Å²) >= 11 is 0. The minimum atomic E-state index is -5.35. The van der Waals surface area contributed by atoms with Crippen LogP contribution in [0.2, 0.25) is 0 Å². The fraction of sp³-hybridized carbons (Fsp3) is 0.211. The molecule has 0 N–H and O–H groups in total. The number of benzene rings is 2. The van der Waals surface area contributed by atoms with E-state index in [9.17, 15) is 19.1 Å². The summed E-state index contributed by atoms with van der Waals surface area (Å²) in [5.74, 6) is 0.377. The summed E-state index contributed by atoms with van der Waals surface area (Å²) in [6, 6.07) is 7.00. The van der Waals surface area contributed by atoms with Gasteiger partial charge in [-0.25, -0.2) is 4.79 Å². The summed E-state index contributed by atoms with van der Waals surface area (Å²) in [5, 5.41) is 0.410. The van der Waals surface area contributed by atoms with Crippen molar-refractivity contribution in [1.29, 1.82) is 0 Å². The Bertz CT molecular complexity index is 1200. The number of hydrogen-bond acceptors (Lipinski definition) is 10. The number of phosphoric ester groups is 1. The minimum Gasteiger partial charge on any atom is -0.780 e. The van der Waals surface area contributed by atoms with Crippen molar-refractivity contribution in [2.45, 2.75) is 0 Å². The van der Waals surface area contributed by atoms with Crippen LogP contribution in [-0.4, -0.2) is 28.4 Å². The largest absolute Gasteiger partial charge is 1.00 e. The molecule has 160 valence electrons. The van der Waals surface area contributed by atoms with E-state index in [1.807, 2.05) is 0 Å². The van der Waals surface area contributed by atoms with Gasteiger partial charge in [-0.2, -0.15) is 0 Å². The predicted octanol–water partition coefficient (Wildman–Crippen LogP) is -4.29.